The van der Waals surface area contributed by atoms with Crippen molar-refractivity contribution in [1.82, 2.24) is 0 Å². The Morgan fingerprint density at radius 2 is 1.83 bits per heavy atom. The molecule has 1 aliphatic carbocycles. The summed E-state index contributed by atoms with van der Waals surface area (Å²) in [7, 11) is 0. The van der Waals surface area contributed by atoms with Crippen molar-refractivity contribution in [3.05, 3.63) is 52.0 Å². The van der Waals surface area contributed by atoms with E-state index in [1.807, 2.05) is 24.3 Å². The largest absolute Gasteiger partial charge is 0.455 e. The first-order chi connectivity index (χ1) is 8.72. The van der Waals surface area contributed by atoms with Crippen molar-refractivity contribution in [3.8, 4) is 11.5 Å². The summed E-state index contributed by atoms with van der Waals surface area (Å²) >= 11 is 3.42. The maximum atomic E-state index is 5.90. The van der Waals surface area contributed by atoms with Crippen molar-refractivity contribution < 1.29 is 4.74 Å². The molecule has 18 heavy (non-hydrogen) atoms. The smallest absolute Gasteiger partial charge is 0.151 e. The van der Waals surface area contributed by atoms with Crippen LogP contribution in [-0.4, -0.2) is 0 Å². The predicted octanol–water partition coefficient (Wildman–Crippen LogP) is 4.31. The van der Waals surface area contributed by atoms with Crippen LogP contribution in [0.4, 0.5) is 5.69 Å². The third-order valence-electron chi connectivity index (χ3n) is 3.27. The highest BCUT2D eigenvalue weighted by Crippen LogP contribution is 2.32. The summed E-state index contributed by atoms with van der Waals surface area (Å²) in [5, 5.41) is 0. The molecule has 1 aliphatic rings. The molecule has 0 fully saturated rings. The topological polar surface area (TPSA) is 35.2 Å². The van der Waals surface area contributed by atoms with Gasteiger partial charge in [-0.25, -0.2) is 0 Å². The number of fused-ring (bicyclic) bond motifs is 1. The lowest BCUT2D eigenvalue weighted by molar-refractivity contribution is 0.484. The Morgan fingerprint density at radius 1 is 1.00 bits per heavy atom. The first-order valence-electron chi connectivity index (χ1n) is 6.07. The first kappa shape index (κ1) is 11.6. The number of benzene rings is 2. The second-order valence-electron chi connectivity index (χ2n) is 4.57. The van der Waals surface area contributed by atoms with Crippen LogP contribution in [0.5, 0.6) is 11.5 Å². The summed E-state index contributed by atoms with van der Waals surface area (Å²) < 4.78 is 6.83. The normalized spacial score (nSPS) is 13.4. The minimum atomic E-state index is 0.652. The number of aryl methyl sites for hydroxylation is 2. The summed E-state index contributed by atoms with van der Waals surface area (Å²) in [4.78, 5) is 0. The van der Waals surface area contributed by atoms with E-state index in [1.54, 1.807) is 0 Å². The minimum absolute atomic E-state index is 0.652. The van der Waals surface area contributed by atoms with Gasteiger partial charge in [-0.3, -0.25) is 0 Å². The lowest BCUT2D eigenvalue weighted by Crippen LogP contribution is -1.93. The lowest BCUT2D eigenvalue weighted by Gasteiger charge is -2.10. The van der Waals surface area contributed by atoms with Gasteiger partial charge < -0.3 is 10.5 Å². The molecule has 0 aromatic heterocycles. The number of hydrogen-bond acceptors (Lipinski definition) is 2. The van der Waals surface area contributed by atoms with Crippen LogP contribution in [0.1, 0.15) is 17.5 Å². The fraction of sp³-hybridized carbons (Fsp3) is 0.200. The standard InChI is InChI=1S/C15H14BrNO/c16-12-5-7-14(17)15(9-12)18-13-6-4-10-2-1-3-11(10)8-13/h4-9H,1-3,17H2. The molecule has 0 radical (unpaired) electrons. The number of halogens is 1. The molecule has 0 amide bonds. The van der Waals surface area contributed by atoms with Crippen molar-refractivity contribution in [2.75, 3.05) is 5.73 Å². The zero-order valence-electron chi connectivity index (χ0n) is 9.95. The van der Waals surface area contributed by atoms with E-state index in [-0.39, 0.29) is 0 Å². The quantitative estimate of drug-likeness (QED) is 0.839. The molecule has 0 heterocycles. The summed E-state index contributed by atoms with van der Waals surface area (Å²) in [6.07, 6.45) is 3.59. The zero-order valence-corrected chi connectivity index (χ0v) is 11.5. The summed E-state index contributed by atoms with van der Waals surface area (Å²) in [6.45, 7) is 0. The molecular formula is C15H14BrNO. The summed E-state index contributed by atoms with van der Waals surface area (Å²) in [5.74, 6) is 1.56. The molecule has 0 saturated carbocycles. The summed E-state index contributed by atoms with van der Waals surface area (Å²) in [5.41, 5.74) is 9.41. The van der Waals surface area contributed by atoms with Crippen LogP contribution < -0.4 is 10.5 Å². The Hall–Kier alpha value is -1.48. The summed E-state index contributed by atoms with van der Waals surface area (Å²) in [6, 6.07) is 11.9. The minimum Gasteiger partial charge on any atom is -0.455 e. The van der Waals surface area contributed by atoms with Gasteiger partial charge >= 0.3 is 0 Å². The maximum Gasteiger partial charge on any atom is 0.151 e. The third kappa shape index (κ3) is 2.23. The van der Waals surface area contributed by atoms with Crippen molar-refractivity contribution in [2.24, 2.45) is 0 Å². The van der Waals surface area contributed by atoms with E-state index in [9.17, 15) is 0 Å². The van der Waals surface area contributed by atoms with Crippen molar-refractivity contribution in [1.29, 1.82) is 0 Å². The predicted molar refractivity (Wildman–Crippen MR) is 77.1 cm³/mol. The average molecular weight is 304 g/mol. The van der Waals surface area contributed by atoms with Gasteiger partial charge in [-0.1, -0.05) is 22.0 Å². The van der Waals surface area contributed by atoms with Crippen LogP contribution in [0.15, 0.2) is 40.9 Å². The molecule has 2 aromatic carbocycles. The highest BCUT2D eigenvalue weighted by molar-refractivity contribution is 9.10. The Morgan fingerprint density at radius 3 is 2.72 bits per heavy atom. The second kappa shape index (κ2) is 4.65. The number of hydrogen-bond donors (Lipinski definition) is 1. The molecular weight excluding hydrogens is 290 g/mol. The Kier molecular flexibility index (Phi) is 3.00. The Labute approximate surface area is 115 Å². The van der Waals surface area contributed by atoms with Gasteiger partial charge in [0.15, 0.2) is 5.75 Å². The molecule has 0 spiro atoms. The average Bonchev–Trinajstić information content (AvgIpc) is 2.81. The van der Waals surface area contributed by atoms with Gasteiger partial charge in [0, 0.05) is 4.47 Å². The first-order valence-corrected chi connectivity index (χ1v) is 6.86. The van der Waals surface area contributed by atoms with Crippen molar-refractivity contribution in [2.45, 2.75) is 19.3 Å². The van der Waals surface area contributed by atoms with Crippen LogP contribution in [0.3, 0.4) is 0 Å². The molecule has 92 valence electrons. The SMILES string of the molecule is Nc1ccc(Br)cc1Oc1ccc2c(c1)CCC2. The molecule has 2 nitrogen and oxygen atoms in total. The number of nitrogen functional groups attached to an aromatic ring is 1. The van der Waals surface area contributed by atoms with Gasteiger partial charge in [-0.15, -0.1) is 0 Å². The molecule has 2 aromatic rings. The van der Waals surface area contributed by atoms with E-state index in [0.717, 1.165) is 16.6 Å². The van der Waals surface area contributed by atoms with Gasteiger partial charge in [-0.05, 0) is 60.7 Å². The van der Waals surface area contributed by atoms with Crippen LogP contribution in [0.2, 0.25) is 0 Å². The Balaban J connectivity index is 1.90. The van der Waals surface area contributed by atoms with Crippen LogP contribution >= 0.6 is 15.9 Å². The van der Waals surface area contributed by atoms with Crippen LogP contribution in [-0.2, 0) is 12.8 Å². The number of nitrogens with two attached hydrogens (primary N) is 1. The molecule has 3 heteroatoms. The van der Waals surface area contributed by atoms with Crippen LogP contribution in [0, 0.1) is 0 Å². The van der Waals surface area contributed by atoms with Crippen molar-refractivity contribution >= 4 is 21.6 Å². The van der Waals surface area contributed by atoms with Gasteiger partial charge in [0.25, 0.3) is 0 Å². The Bertz CT molecular complexity index is 595. The van der Waals surface area contributed by atoms with E-state index in [0.29, 0.717) is 11.4 Å². The highest BCUT2D eigenvalue weighted by atomic mass is 79.9. The highest BCUT2D eigenvalue weighted by Gasteiger charge is 2.12. The second-order valence-corrected chi connectivity index (χ2v) is 5.48. The molecule has 3 rings (SSSR count). The monoisotopic (exact) mass is 303 g/mol. The van der Waals surface area contributed by atoms with E-state index >= 15 is 0 Å². The van der Waals surface area contributed by atoms with E-state index in [1.165, 1.54) is 24.0 Å². The molecule has 0 atom stereocenters. The molecule has 0 bridgehead atoms. The molecule has 0 unspecified atom stereocenters. The van der Waals surface area contributed by atoms with Gasteiger partial charge in [0.05, 0.1) is 5.69 Å². The molecule has 2 N–H and O–H groups in total. The third-order valence-corrected chi connectivity index (χ3v) is 3.77. The van der Waals surface area contributed by atoms with E-state index < -0.39 is 0 Å². The van der Waals surface area contributed by atoms with Gasteiger partial charge in [-0.2, -0.15) is 0 Å². The van der Waals surface area contributed by atoms with Crippen LogP contribution in [0.25, 0.3) is 0 Å². The van der Waals surface area contributed by atoms with Crippen molar-refractivity contribution in [3.63, 3.8) is 0 Å². The number of anilines is 1. The number of rotatable bonds is 2. The molecule has 0 aliphatic heterocycles. The fourth-order valence-electron chi connectivity index (χ4n) is 2.34. The molecule has 0 saturated heterocycles. The lowest BCUT2D eigenvalue weighted by atomic mass is 10.1. The van der Waals surface area contributed by atoms with E-state index in [4.69, 9.17) is 10.5 Å². The number of ether oxygens (including phenoxy) is 1. The maximum absolute atomic E-state index is 5.90. The van der Waals surface area contributed by atoms with Gasteiger partial charge in [0.2, 0.25) is 0 Å². The zero-order chi connectivity index (χ0) is 12.5. The fourth-order valence-corrected chi connectivity index (χ4v) is 2.68. The van der Waals surface area contributed by atoms with Gasteiger partial charge in [0.1, 0.15) is 5.75 Å². The van der Waals surface area contributed by atoms with E-state index in [2.05, 4.69) is 28.1 Å².